The van der Waals surface area contributed by atoms with Gasteiger partial charge in [-0.3, -0.25) is 14.9 Å². The van der Waals surface area contributed by atoms with Crippen LogP contribution in [0.3, 0.4) is 0 Å². The number of rotatable bonds is 5. The minimum atomic E-state index is -0.568. The maximum absolute atomic E-state index is 12.0. The Hall–Kier alpha value is -1.59. The van der Waals surface area contributed by atoms with E-state index in [1.165, 1.54) is 25.7 Å². The molecule has 2 bridgehead atoms. The van der Waals surface area contributed by atoms with Crippen molar-refractivity contribution in [1.82, 2.24) is 16.0 Å². The van der Waals surface area contributed by atoms with E-state index in [1.807, 2.05) is 0 Å². The van der Waals surface area contributed by atoms with Crippen LogP contribution in [0.2, 0.25) is 0 Å². The average Bonchev–Trinajstić information content (AvgIpc) is 3.12. The summed E-state index contributed by atoms with van der Waals surface area (Å²) in [7, 11) is 0. The van der Waals surface area contributed by atoms with Gasteiger partial charge in [0.15, 0.2) is 0 Å². The molecular weight excluding hydrogens is 270 g/mol. The van der Waals surface area contributed by atoms with E-state index < -0.39 is 12.1 Å². The van der Waals surface area contributed by atoms with Crippen LogP contribution in [0, 0.1) is 17.8 Å². The number of fused-ring (bicyclic) bond motifs is 2. The van der Waals surface area contributed by atoms with Gasteiger partial charge in [0.25, 0.3) is 5.91 Å². The number of hydrogen-bond donors (Lipinski definition) is 3. The van der Waals surface area contributed by atoms with E-state index in [0.717, 1.165) is 11.8 Å². The van der Waals surface area contributed by atoms with Gasteiger partial charge in [-0.05, 0) is 50.4 Å². The molecule has 0 aromatic carbocycles. The Morgan fingerprint density at radius 1 is 1.33 bits per heavy atom. The van der Waals surface area contributed by atoms with E-state index >= 15 is 0 Å². The summed E-state index contributed by atoms with van der Waals surface area (Å²) in [6.45, 7) is 2.09. The summed E-state index contributed by atoms with van der Waals surface area (Å²) >= 11 is 0. The molecule has 3 N–H and O–H groups in total. The third-order valence-electron chi connectivity index (χ3n) is 5.34. The SMILES string of the molecule is C[C@H](NC(=O)CC[C@@H]1NC(=O)NC1=O)[C@H]1C[C@H]2CC[C@H]1C2. The van der Waals surface area contributed by atoms with E-state index in [4.69, 9.17) is 0 Å². The molecule has 0 radical (unpaired) electrons. The van der Waals surface area contributed by atoms with Crippen molar-refractivity contribution in [2.24, 2.45) is 17.8 Å². The number of carbonyl (C=O) groups excluding carboxylic acids is 3. The fraction of sp³-hybridized carbons (Fsp3) is 0.800. The first-order valence-electron chi connectivity index (χ1n) is 7.93. The molecule has 0 aromatic heterocycles. The van der Waals surface area contributed by atoms with Crippen LogP contribution in [0.5, 0.6) is 0 Å². The number of amides is 4. The van der Waals surface area contributed by atoms with Crippen molar-refractivity contribution in [2.75, 3.05) is 0 Å². The highest BCUT2D eigenvalue weighted by Gasteiger charge is 2.42. The molecule has 3 fully saturated rings. The molecule has 6 nitrogen and oxygen atoms in total. The molecular formula is C15H23N3O3. The number of nitrogens with one attached hydrogen (secondary N) is 3. The minimum Gasteiger partial charge on any atom is -0.353 e. The molecule has 3 aliphatic rings. The first-order chi connectivity index (χ1) is 10.0. The van der Waals surface area contributed by atoms with Crippen LogP contribution in [-0.4, -0.2) is 29.9 Å². The Morgan fingerprint density at radius 2 is 2.14 bits per heavy atom. The third kappa shape index (κ3) is 3.04. The van der Waals surface area contributed by atoms with Gasteiger partial charge in [-0.2, -0.15) is 0 Å². The normalized spacial score (nSPS) is 35.5. The smallest absolute Gasteiger partial charge is 0.322 e. The average molecular weight is 293 g/mol. The summed E-state index contributed by atoms with van der Waals surface area (Å²) in [5, 5.41) is 7.76. The lowest BCUT2D eigenvalue weighted by Gasteiger charge is -2.28. The van der Waals surface area contributed by atoms with Gasteiger partial charge in [-0.15, -0.1) is 0 Å². The van der Waals surface area contributed by atoms with Gasteiger partial charge in [0.05, 0.1) is 0 Å². The van der Waals surface area contributed by atoms with Crippen molar-refractivity contribution < 1.29 is 14.4 Å². The highest BCUT2D eigenvalue weighted by molar-refractivity contribution is 6.04. The fourth-order valence-corrected chi connectivity index (χ4v) is 4.28. The van der Waals surface area contributed by atoms with E-state index in [2.05, 4.69) is 22.9 Å². The molecule has 5 atom stereocenters. The second kappa shape index (κ2) is 5.66. The highest BCUT2D eigenvalue weighted by atomic mass is 16.2. The predicted molar refractivity (Wildman–Crippen MR) is 76.2 cm³/mol. The Labute approximate surface area is 124 Å². The van der Waals surface area contributed by atoms with Gasteiger partial charge in [-0.1, -0.05) is 6.42 Å². The van der Waals surface area contributed by atoms with Crippen LogP contribution in [0.15, 0.2) is 0 Å². The topological polar surface area (TPSA) is 87.3 Å². The van der Waals surface area contributed by atoms with E-state index in [1.54, 1.807) is 0 Å². The highest BCUT2D eigenvalue weighted by Crippen LogP contribution is 2.49. The quantitative estimate of drug-likeness (QED) is 0.659. The second-order valence-corrected chi connectivity index (χ2v) is 6.75. The fourth-order valence-electron chi connectivity index (χ4n) is 4.28. The zero-order valence-corrected chi connectivity index (χ0v) is 12.4. The van der Waals surface area contributed by atoms with E-state index in [-0.39, 0.29) is 24.3 Å². The zero-order chi connectivity index (χ0) is 15.0. The summed E-state index contributed by atoms with van der Waals surface area (Å²) in [6.07, 6.45) is 5.87. The van der Waals surface area contributed by atoms with Crippen molar-refractivity contribution in [3.63, 3.8) is 0 Å². The van der Waals surface area contributed by atoms with Crippen LogP contribution in [0.25, 0.3) is 0 Å². The molecule has 2 saturated carbocycles. The van der Waals surface area contributed by atoms with Crippen LogP contribution < -0.4 is 16.0 Å². The Balaban J connectivity index is 1.42. The monoisotopic (exact) mass is 293 g/mol. The Morgan fingerprint density at radius 3 is 2.71 bits per heavy atom. The molecule has 0 unspecified atom stereocenters. The van der Waals surface area contributed by atoms with Gasteiger partial charge in [0.1, 0.15) is 6.04 Å². The maximum Gasteiger partial charge on any atom is 0.322 e. The molecule has 6 heteroatoms. The van der Waals surface area contributed by atoms with Crippen LogP contribution >= 0.6 is 0 Å². The van der Waals surface area contributed by atoms with Crippen molar-refractivity contribution in [3.8, 4) is 0 Å². The molecule has 2 aliphatic carbocycles. The van der Waals surface area contributed by atoms with Crippen molar-refractivity contribution >= 4 is 17.8 Å². The van der Waals surface area contributed by atoms with Crippen molar-refractivity contribution in [2.45, 2.75) is 57.5 Å². The first-order valence-corrected chi connectivity index (χ1v) is 7.93. The van der Waals surface area contributed by atoms with Crippen LogP contribution in [0.4, 0.5) is 4.79 Å². The summed E-state index contributed by atoms with van der Waals surface area (Å²) in [5.74, 6) is 1.90. The van der Waals surface area contributed by atoms with E-state index in [9.17, 15) is 14.4 Å². The number of imide groups is 1. The summed E-state index contributed by atoms with van der Waals surface area (Å²) in [6, 6.07) is -0.832. The van der Waals surface area contributed by atoms with E-state index in [0.29, 0.717) is 12.3 Å². The largest absolute Gasteiger partial charge is 0.353 e. The number of hydrogen-bond acceptors (Lipinski definition) is 3. The molecule has 116 valence electrons. The van der Waals surface area contributed by atoms with Crippen molar-refractivity contribution in [3.05, 3.63) is 0 Å². The lowest BCUT2D eigenvalue weighted by Crippen LogP contribution is -2.41. The van der Waals surface area contributed by atoms with Gasteiger partial charge in [0, 0.05) is 12.5 Å². The van der Waals surface area contributed by atoms with Gasteiger partial charge < -0.3 is 10.6 Å². The lowest BCUT2D eigenvalue weighted by atomic mass is 9.84. The van der Waals surface area contributed by atoms with Gasteiger partial charge >= 0.3 is 6.03 Å². The summed E-state index contributed by atoms with van der Waals surface area (Å²) in [5.41, 5.74) is 0. The molecule has 4 amide bonds. The third-order valence-corrected chi connectivity index (χ3v) is 5.34. The molecule has 3 rings (SSSR count). The Bertz CT molecular complexity index is 465. The standard InChI is InChI=1S/C15H23N3O3/c1-8(11-7-9-2-3-10(11)6-9)16-13(19)5-4-12-14(20)18-15(21)17-12/h8-12H,2-7H2,1H3,(H,16,19)(H2,17,18,20,21)/t8-,9-,10-,11+,12-/m0/s1. The lowest BCUT2D eigenvalue weighted by molar-refractivity contribution is -0.123. The Kier molecular flexibility index (Phi) is 3.87. The van der Waals surface area contributed by atoms with Gasteiger partial charge in [-0.25, -0.2) is 4.79 Å². The molecule has 21 heavy (non-hydrogen) atoms. The number of urea groups is 1. The molecule has 0 aromatic rings. The number of carbonyl (C=O) groups is 3. The minimum absolute atomic E-state index is 0.0285. The van der Waals surface area contributed by atoms with Crippen LogP contribution in [0.1, 0.15) is 45.4 Å². The zero-order valence-electron chi connectivity index (χ0n) is 12.4. The first kappa shape index (κ1) is 14.4. The van der Waals surface area contributed by atoms with Crippen LogP contribution in [-0.2, 0) is 9.59 Å². The maximum atomic E-state index is 12.0. The molecule has 1 heterocycles. The molecule has 0 spiro atoms. The summed E-state index contributed by atoms with van der Waals surface area (Å²) in [4.78, 5) is 34.4. The van der Waals surface area contributed by atoms with Gasteiger partial charge in [0.2, 0.25) is 5.91 Å². The second-order valence-electron chi connectivity index (χ2n) is 6.75. The molecule has 1 saturated heterocycles. The molecule has 1 aliphatic heterocycles. The predicted octanol–water partition coefficient (Wildman–Crippen LogP) is 0.915. The van der Waals surface area contributed by atoms with Crippen molar-refractivity contribution in [1.29, 1.82) is 0 Å². The summed E-state index contributed by atoms with van der Waals surface area (Å²) < 4.78 is 0.